The minimum absolute atomic E-state index is 0.0156. The molecule has 0 amide bonds. The molecule has 0 aromatic carbocycles. The van der Waals surface area contributed by atoms with Gasteiger partial charge in [0.2, 0.25) is 5.88 Å². The fourth-order valence-electron chi connectivity index (χ4n) is 3.42. The van der Waals surface area contributed by atoms with Crippen molar-refractivity contribution in [1.29, 1.82) is 5.26 Å². The number of aromatic nitrogens is 4. The van der Waals surface area contributed by atoms with Crippen LogP contribution in [-0.4, -0.2) is 31.2 Å². The van der Waals surface area contributed by atoms with Crippen LogP contribution < -0.4 is 4.74 Å². The van der Waals surface area contributed by atoms with E-state index >= 15 is 0 Å². The third-order valence-electron chi connectivity index (χ3n) is 5.19. The molecule has 0 saturated heterocycles. The highest BCUT2D eigenvalue weighted by molar-refractivity contribution is 5.90. The number of pyridine rings is 3. The van der Waals surface area contributed by atoms with Gasteiger partial charge in [-0.3, -0.25) is 14.5 Å². The monoisotopic (exact) mass is 435 g/mol. The van der Waals surface area contributed by atoms with Gasteiger partial charge in [0.15, 0.2) is 0 Å². The lowest BCUT2D eigenvalue weighted by Gasteiger charge is -2.16. The van der Waals surface area contributed by atoms with Crippen LogP contribution in [-0.2, 0) is 5.41 Å². The Morgan fingerprint density at radius 1 is 1.12 bits per heavy atom. The molecule has 0 atom stereocenters. The van der Waals surface area contributed by atoms with E-state index in [0.717, 1.165) is 5.56 Å². The maximum Gasteiger partial charge on any atom is 0.387 e. The number of fused-ring (bicyclic) bond motifs is 1. The summed E-state index contributed by atoms with van der Waals surface area (Å²) in [5.41, 5.74) is 2.78. The van der Waals surface area contributed by atoms with Gasteiger partial charge in [0.25, 0.3) is 0 Å². The maximum absolute atomic E-state index is 12.5. The van der Waals surface area contributed by atoms with E-state index in [1.807, 2.05) is 6.92 Å². The maximum atomic E-state index is 12.5. The van der Waals surface area contributed by atoms with Crippen molar-refractivity contribution in [2.75, 3.05) is 0 Å². The number of aromatic hydroxyl groups is 1. The predicted octanol–water partition coefficient (Wildman–Crippen LogP) is 4.90. The number of nitriles is 1. The van der Waals surface area contributed by atoms with Crippen LogP contribution in [0.3, 0.4) is 0 Å². The van der Waals surface area contributed by atoms with Crippen LogP contribution >= 0.6 is 0 Å². The van der Waals surface area contributed by atoms with Crippen LogP contribution in [0.4, 0.5) is 8.78 Å². The summed E-state index contributed by atoms with van der Waals surface area (Å²) in [4.78, 5) is 12.8. The highest BCUT2D eigenvalue weighted by atomic mass is 19.3. The lowest BCUT2D eigenvalue weighted by atomic mass is 9.87. The summed E-state index contributed by atoms with van der Waals surface area (Å²) >= 11 is 0. The van der Waals surface area contributed by atoms with E-state index in [-0.39, 0.29) is 11.6 Å². The van der Waals surface area contributed by atoms with Gasteiger partial charge < -0.3 is 9.84 Å². The Bertz CT molecular complexity index is 1360. The van der Waals surface area contributed by atoms with E-state index in [1.54, 1.807) is 49.1 Å². The van der Waals surface area contributed by atoms with Gasteiger partial charge in [0.05, 0.1) is 46.2 Å². The standard InChI is InChI=1S/C23H19F2N5O2/c1-13-4-18(14-5-17(10-27-7-14)32-22(24)25)29-19-11-30(21(31)20(13)19)16-6-15(8-28-9-16)23(2,3)12-26/h4-11,22,31H,1-3H3. The Hall–Kier alpha value is -4.06. The molecular weight excluding hydrogens is 416 g/mol. The molecule has 9 heteroatoms. The Balaban J connectivity index is 1.82. The van der Waals surface area contributed by atoms with Crippen molar-refractivity contribution in [3.05, 3.63) is 60.3 Å². The zero-order valence-corrected chi connectivity index (χ0v) is 17.5. The molecule has 4 aromatic rings. The van der Waals surface area contributed by atoms with Crippen LogP contribution in [0.15, 0.2) is 49.2 Å². The summed E-state index contributed by atoms with van der Waals surface area (Å²) in [5, 5.41) is 20.9. The Morgan fingerprint density at radius 3 is 2.59 bits per heavy atom. The Labute approximate surface area is 182 Å². The van der Waals surface area contributed by atoms with Gasteiger partial charge in [0.1, 0.15) is 5.75 Å². The summed E-state index contributed by atoms with van der Waals surface area (Å²) in [7, 11) is 0. The topological polar surface area (TPSA) is 96.9 Å². The molecule has 0 unspecified atom stereocenters. The molecule has 32 heavy (non-hydrogen) atoms. The van der Waals surface area contributed by atoms with Gasteiger partial charge in [-0.2, -0.15) is 14.0 Å². The lowest BCUT2D eigenvalue weighted by Crippen LogP contribution is -2.14. The number of hydrogen-bond donors (Lipinski definition) is 1. The smallest absolute Gasteiger partial charge is 0.387 e. The Morgan fingerprint density at radius 2 is 1.88 bits per heavy atom. The summed E-state index contributed by atoms with van der Waals surface area (Å²) < 4.78 is 31.1. The van der Waals surface area contributed by atoms with E-state index in [1.165, 1.54) is 18.5 Å². The van der Waals surface area contributed by atoms with Crippen LogP contribution in [0.2, 0.25) is 0 Å². The van der Waals surface area contributed by atoms with Crippen molar-refractivity contribution in [3.8, 4) is 34.6 Å². The first-order valence-electron chi connectivity index (χ1n) is 9.68. The average molecular weight is 435 g/mol. The summed E-state index contributed by atoms with van der Waals surface area (Å²) in [6.07, 6.45) is 7.57. The molecule has 0 fully saturated rings. The molecule has 0 spiro atoms. The Kier molecular flexibility index (Phi) is 5.22. The molecule has 4 aromatic heterocycles. The van der Waals surface area contributed by atoms with Crippen molar-refractivity contribution in [1.82, 2.24) is 19.5 Å². The minimum atomic E-state index is -2.95. The van der Waals surface area contributed by atoms with Gasteiger partial charge in [-0.25, -0.2) is 4.98 Å². The number of hydrogen-bond acceptors (Lipinski definition) is 6. The highest BCUT2D eigenvalue weighted by Gasteiger charge is 2.22. The van der Waals surface area contributed by atoms with Crippen molar-refractivity contribution in [3.63, 3.8) is 0 Å². The number of ether oxygens (including phenoxy) is 1. The van der Waals surface area contributed by atoms with Crippen molar-refractivity contribution >= 4 is 10.9 Å². The van der Waals surface area contributed by atoms with Crippen LogP contribution in [0.25, 0.3) is 27.8 Å². The van der Waals surface area contributed by atoms with Gasteiger partial charge in [-0.15, -0.1) is 0 Å². The third-order valence-corrected chi connectivity index (χ3v) is 5.19. The molecule has 0 saturated carbocycles. The number of aryl methyl sites for hydroxylation is 1. The molecule has 4 heterocycles. The molecule has 7 nitrogen and oxygen atoms in total. The molecule has 0 bridgehead atoms. The quantitative estimate of drug-likeness (QED) is 0.479. The SMILES string of the molecule is Cc1cc(-c2cncc(OC(F)F)c2)nc2cn(-c3cncc(C(C)(C)C#N)c3)c(O)c12. The first kappa shape index (κ1) is 21.2. The second-order valence-corrected chi connectivity index (χ2v) is 7.86. The highest BCUT2D eigenvalue weighted by Crippen LogP contribution is 2.35. The van der Waals surface area contributed by atoms with E-state index in [2.05, 4.69) is 25.8 Å². The molecule has 0 aliphatic carbocycles. The molecule has 0 radical (unpaired) electrons. The van der Waals surface area contributed by atoms with Crippen LogP contribution in [0.5, 0.6) is 11.6 Å². The zero-order valence-electron chi connectivity index (χ0n) is 17.5. The average Bonchev–Trinajstić information content (AvgIpc) is 3.10. The normalized spacial score (nSPS) is 11.7. The lowest BCUT2D eigenvalue weighted by molar-refractivity contribution is -0.0500. The summed E-state index contributed by atoms with van der Waals surface area (Å²) in [5.74, 6) is -0.0846. The van der Waals surface area contributed by atoms with Gasteiger partial charge in [0, 0.05) is 24.2 Å². The first-order chi connectivity index (χ1) is 15.2. The van der Waals surface area contributed by atoms with Crippen LogP contribution in [0.1, 0.15) is 25.0 Å². The fourth-order valence-corrected chi connectivity index (χ4v) is 3.42. The van der Waals surface area contributed by atoms with Gasteiger partial charge >= 0.3 is 6.61 Å². The van der Waals surface area contributed by atoms with Crippen molar-refractivity contribution in [2.45, 2.75) is 32.8 Å². The summed E-state index contributed by atoms with van der Waals surface area (Å²) in [6.45, 7) is 2.44. The largest absolute Gasteiger partial charge is 0.494 e. The fraction of sp³-hybridized carbons (Fsp3) is 0.217. The second kappa shape index (κ2) is 7.89. The zero-order chi connectivity index (χ0) is 23.0. The number of alkyl halides is 2. The number of halogens is 2. The van der Waals surface area contributed by atoms with E-state index in [9.17, 15) is 19.1 Å². The van der Waals surface area contributed by atoms with Gasteiger partial charge in [-0.05, 0) is 50.1 Å². The third kappa shape index (κ3) is 3.83. The second-order valence-electron chi connectivity index (χ2n) is 7.86. The minimum Gasteiger partial charge on any atom is -0.494 e. The molecular formula is C23H19F2N5O2. The first-order valence-corrected chi connectivity index (χ1v) is 9.68. The van der Waals surface area contributed by atoms with Crippen molar-refractivity contribution in [2.24, 2.45) is 0 Å². The molecule has 0 aliphatic heterocycles. The molecule has 162 valence electrons. The van der Waals surface area contributed by atoms with Crippen molar-refractivity contribution < 1.29 is 18.6 Å². The van der Waals surface area contributed by atoms with E-state index in [0.29, 0.717) is 33.4 Å². The van der Waals surface area contributed by atoms with E-state index in [4.69, 9.17) is 0 Å². The predicted molar refractivity (Wildman–Crippen MR) is 114 cm³/mol. The number of rotatable bonds is 5. The molecule has 0 aliphatic rings. The van der Waals surface area contributed by atoms with Gasteiger partial charge in [-0.1, -0.05) is 0 Å². The van der Waals surface area contributed by atoms with Crippen LogP contribution in [0, 0.1) is 18.3 Å². The van der Waals surface area contributed by atoms with E-state index < -0.39 is 12.0 Å². The number of nitrogens with zero attached hydrogens (tertiary/aromatic N) is 5. The summed E-state index contributed by atoms with van der Waals surface area (Å²) in [6, 6.07) is 7.20. The molecule has 1 N–H and O–H groups in total. The molecule has 4 rings (SSSR count).